The molecule has 4 rings (SSSR count). The summed E-state index contributed by atoms with van der Waals surface area (Å²) in [7, 11) is 0. The number of anilines is 1. The Hall–Kier alpha value is -4.01. The number of carbonyl (C=O) groups is 1. The molecule has 0 bridgehead atoms. The van der Waals surface area contributed by atoms with Gasteiger partial charge in [-0.15, -0.1) is 0 Å². The van der Waals surface area contributed by atoms with Crippen molar-refractivity contribution >= 4 is 11.6 Å². The molecule has 0 aliphatic carbocycles. The SMILES string of the molecule is O=C(Nc1cccc(C(F)(F)F)c1)c1cccnc1-n1cc(-c2ccncc2)cn1. The lowest BCUT2D eigenvalue weighted by Gasteiger charge is -2.11. The van der Waals surface area contributed by atoms with E-state index in [2.05, 4.69) is 20.4 Å². The summed E-state index contributed by atoms with van der Waals surface area (Å²) in [5.74, 6) is -0.347. The molecule has 1 amide bonds. The Morgan fingerprint density at radius 1 is 0.967 bits per heavy atom. The number of alkyl halides is 3. The second kappa shape index (κ2) is 7.78. The van der Waals surface area contributed by atoms with Gasteiger partial charge in [0.1, 0.15) is 0 Å². The summed E-state index contributed by atoms with van der Waals surface area (Å²) in [6.07, 6.45) is 3.64. The second-order valence-corrected chi connectivity index (χ2v) is 6.32. The molecule has 0 fully saturated rings. The molecule has 3 heterocycles. The number of nitrogens with one attached hydrogen (secondary N) is 1. The zero-order valence-electron chi connectivity index (χ0n) is 15.3. The molecule has 0 spiro atoms. The maximum absolute atomic E-state index is 12.9. The molecule has 4 aromatic rings. The van der Waals surface area contributed by atoms with Crippen LogP contribution in [0.25, 0.3) is 16.9 Å². The van der Waals surface area contributed by atoms with E-state index in [1.165, 1.54) is 29.1 Å². The van der Waals surface area contributed by atoms with Gasteiger partial charge in [-0.05, 0) is 48.0 Å². The minimum absolute atomic E-state index is 0.0302. The van der Waals surface area contributed by atoms with Crippen LogP contribution in [-0.2, 0) is 6.18 Å². The topological polar surface area (TPSA) is 72.7 Å². The zero-order chi connectivity index (χ0) is 21.1. The third-order valence-corrected chi connectivity index (χ3v) is 4.29. The number of aromatic nitrogens is 4. The maximum Gasteiger partial charge on any atom is 0.416 e. The Balaban J connectivity index is 1.63. The van der Waals surface area contributed by atoms with Gasteiger partial charge < -0.3 is 5.32 Å². The normalized spacial score (nSPS) is 11.3. The third kappa shape index (κ3) is 4.04. The highest BCUT2D eigenvalue weighted by Crippen LogP contribution is 2.31. The monoisotopic (exact) mass is 409 g/mol. The van der Waals surface area contributed by atoms with Gasteiger partial charge in [0.25, 0.3) is 5.91 Å². The van der Waals surface area contributed by atoms with Gasteiger partial charge in [-0.2, -0.15) is 18.3 Å². The highest BCUT2D eigenvalue weighted by Gasteiger charge is 2.30. The van der Waals surface area contributed by atoms with Crippen molar-refractivity contribution in [2.24, 2.45) is 0 Å². The lowest BCUT2D eigenvalue weighted by molar-refractivity contribution is -0.137. The van der Waals surface area contributed by atoms with Crippen LogP contribution in [0.3, 0.4) is 0 Å². The molecule has 9 heteroatoms. The molecular weight excluding hydrogens is 395 g/mol. The number of hydrogen-bond acceptors (Lipinski definition) is 4. The molecule has 3 aromatic heterocycles. The summed E-state index contributed by atoms with van der Waals surface area (Å²) in [6.45, 7) is 0. The molecule has 0 aliphatic rings. The first-order valence-electron chi connectivity index (χ1n) is 8.81. The van der Waals surface area contributed by atoms with Crippen LogP contribution in [0.1, 0.15) is 15.9 Å². The summed E-state index contributed by atoms with van der Waals surface area (Å²) in [4.78, 5) is 21.0. The summed E-state index contributed by atoms with van der Waals surface area (Å²) in [5.41, 5.74) is 1.04. The number of nitrogens with zero attached hydrogens (tertiary/aromatic N) is 4. The van der Waals surface area contributed by atoms with Gasteiger partial charge in [0.05, 0.1) is 17.3 Å². The fourth-order valence-corrected chi connectivity index (χ4v) is 2.86. The quantitative estimate of drug-likeness (QED) is 0.535. The summed E-state index contributed by atoms with van der Waals surface area (Å²) >= 11 is 0. The van der Waals surface area contributed by atoms with Crippen LogP contribution in [0.2, 0.25) is 0 Å². The van der Waals surface area contributed by atoms with E-state index >= 15 is 0 Å². The van der Waals surface area contributed by atoms with Crippen molar-refractivity contribution in [2.45, 2.75) is 6.18 Å². The number of carbonyl (C=O) groups excluding carboxylic acids is 1. The first-order chi connectivity index (χ1) is 14.4. The second-order valence-electron chi connectivity index (χ2n) is 6.32. The molecule has 1 aromatic carbocycles. The number of benzene rings is 1. The van der Waals surface area contributed by atoms with Crippen molar-refractivity contribution in [1.29, 1.82) is 0 Å². The molecule has 0 saturated carbocycles. The lowest BCUT2D eigenvalue weighted by atomic mass is 10.1. The predicted molar refractivity (Wildman–Crippen MR) is 104 cm³/mol. The van der Waals surface area contributed by atoms with Gasteiger partial charge in [-0.3, -0.25) is 9.78 Å². The molecular formula is C21H14F3N5O. The predicted octanol–water partition coefficient (Wildman–Crippen LogP) is 4.60. The first-order valence-corrected chi connectivity index (χ1v) is 8.81. The average Bonchev–Trinajstić information content (AvgIpc) is 3.24. The smallest absolute Gasteiger partial charge is 0.322 e. The molecule has 0 radical (unpaired) electrons. The molecule has 0 aliphatic heterocycles. The van der Waals surface area contributed by atoms with Crippen LogP contribution in [0.4, 0.5) is 18.9 Å². The maximum atomic E-state index is 12.9. The fraction of sp³-hybridized carbons (Fsp3) is 0.0476. The average molecular weight is 409 g/mol. The molecule has 30 heavy (non-hydrogen) atoms. The van der Waals surface area contributed by atoms with Crippen LogP contribution in [0, 0.1) is 0 Å². The van der Waals surface area contributed by atoms with E-state index in [0.29, 0.717) is 0 Å². The Bertz CT molecular complexity index is 1190. The van der Waals surface area contributed by atoms with Gasteiger partial charge in [-0.25, -0.2) is 9.67 Å². The van der Waals surface area contributed by atoms with E-state index in [4.69, 9.17) is 0 Å². The molecule has 150 valence electrons. The van der Waals surface area contributed by atoms with E-state index in [-0.39, 0.29) is 17.1 Å². The molecule has 0 atom stereocenters. The summed E-state index contributed by atoms with van der Waals surface area (Å²) in [6, 6.07) is 11.2. The zero-order valence-corrected chi connectivity index (χ0v) is 15.3. The number of rotatable bonds is 4. The van der Waals surface area contributed by atoms with E-state index in [1.54, 1.807) is 30.9 Å². The van der Waals surface area contributed by atoms with Crippen molar-refractivity contribution in [3.63, 3.8) is 0 Å². The Morgan fingerprint density at radius 3 is 2.53 bits per heavy atom. The molecule has 6 nitrogen and oxygen atoms in total. The molecule has 1 N–H and O–H groups in total. The lowest BCUT2D eigenvalue weighted by Crippen LogP contribution is -2.17. The van der Waals surface area contributed by atoms with Crippen molar-refractivity contribution in [1.82, 2.24) is 19.7 Å². The highest BCUT2D eigenvalue weighted by molar-refractivity contribution is 6.06. The minimum atomic E-state index is -4.50. The van der Waals surface area contributed by atoms with E-state index in [1.807, 2.05) is 12.1 Å². The van der Waals surface area contributed by atoms with E-state index in [9.17, 15) is 18.0 Å². The van der Waals surface area contributed by atoms with Gasteiger partial charge >= 0.3 is 6.18 Å². The van der Waals surface area contributed by atoms with Crippen molar-refractivity contribution in [2.75, 3.05) is 5.32 Å². The largest absolute Gasteiger partial charge is 0.416 e. The number of halogens is 3. The Morgan fingerprint density at radius 2 is 1.77 bits per heavy atom. The van der Waals surface area contributed by atoms with Gasteiger partial charge in [-0.1, -0.05) is 6.07 Å². The summed E-state index contributed by atoms with van der Waals surface area (Å²) < 4.78 is 40.2. The van der Waals surface area contributed by atoms with Crippen molar-refractivity contribution < 1.29 is 18.0 Å². The molecule has 0 saturated heterocycles. The summed E-state index contributed by atoms with van der Waals surface area (Å²) in [5, 5.41) is 6.76. The van der Waals surface area contributed by atoms with Crippen LogP contribution in [0.15, 0.2) is 79.5 Å². The van der Waals surface area contributed by atoms with Crippen LogP contribution < -0.4 is 5.32 Å². The Labute approximate surface area is 169 Å². The Kier molecular flexibility index (Phi) is 5.01. The van der Waals surface area contributed by atoms with Crippen LogP contribution in [0.5, 0.6) is 0 Å². The van der Waals surface area contributed by atoms with Crippen LogP contribution >= 0.6 is 0 Å². The van der Waals surface area contributed by atoms with Gasteiger partial charge in [0.2, 0.25) is 0 Å². The number of amides is 1. The van der Waals surface area contributed by atoms with E-state index < -0.39 is 17.6 Å². The van der Waals surface area contributed by atoms with Crippen molar-refractivity contribution in [3.8, 4) is 16.9 Å². The van der Waals surface area contributed by atoms with E-state index in [0.717, 1.165) is 23.3 Å². The first kappa shape index (κ1) is 19.3. The number of hydrogen-bond donors (Lipinski definition) is 1. The van der Waals surface area contributed by atoms with Crippen LogP contribution in [-0.4, -0.2) is 25.7 Å². The highest BCUT2D eigenvalue weighted by atomic mass is 19.4. The van der Waals surface area contributed by atoms with Gasteiger partial charge in [0, 0.05) is 36.0 Å². The van der Waals surface area contributed by atoms with Crippen molar-refractivity contribution in [3.05, 3.63) is 90.6 Å². The van der Waals surface area contributed by atoms with Gasteiger partial charge in [0.15, 0.2) is 5.82 Å². The number of pyridine rings is 2. The fourth-order valence-electron chi connectivity index (χ4n) is 2.86. The third-order valence-electron chi connectivity index (χ3n) is 4.29. The molecule has 0 unspecified atom stereocenters. The standard InChI is InChI=1S/C21H14F3N5O/c22-21(23,24)16-3-1-4-17(11-16)28-20(30)18-5-2-8-26-19(18)29-13-15(12-27-29)14-6-9-25-10-7-14/h1-13H,(H,28,30). The minimum Gasteiger partial charge on any atom is -0.322 e.